The van der Waals surface area contributed by atoms with Gasteiger partial charge in [-0.25, -0.2) is 19.5 Å². The highest BCUT2D eigenvalue weighted by atomic mass is 17.5. The largest absolute Gasteiger partial charge is 0.540 e. The van der Waals surface area contributed by atoms with Crippen molar-refractivity contribution < 1.29 is 34.5 Å². The van der Waals surface area contributed by atoms with Crippen LogP contribution in [-0.4, -0.2) is 29.1 Å². The smallest absolute Gasteiger partial charge is 0.448 e. The van der Waals surface area contributed by atoms with Crippen LogP contribution in [0.15, 0.2) is 0 Å². The molecule has 0 fully saturated rings. The number of carbonyl (C=O) groups is 1. The first kappa shape index (κ1) is 23.4. The molecule has 0 radical (unpaired) electrons. The first-order valence-corrected chi connectivity index (χ1v) is 7.54. The van der Waals surface area contributed by atoms with Gasteiger partial charge >= 0.3 is 6.16 Å². The van der Waals surface area contributed by atoms with Crippen molar-refractivity contribution in [3.8, 4) is 0 Å². The zero-order valence-corrected chi connectivity index (χ0v) is 14.9. The van der Waals surface area contributed by atoms with Gasteiger partial charge in [0.1, 0.15) is 0 Å². The fourth-order valence-corrected chi connectivity index (χ4v) is 0.954. The van der Waals surface area contributed by atoms with Crippen LogP contribution < -0.4 is 0 Å². The second-order valence-electron chi connectivity index (χ2n) is 6.69. The van der Waals surface area contributed by atoms with Crippen LogP contribution in [0.25, 0.3) is 0 Å². The molecule has 0 saturated carbocycles. The van der Waals surface area contributed by atoms with Gasteiger partial charge in [-0.05, 0) is 53.0 Å². The Bertz CT molecular complexity index is 266. The second-order valence-corrected chi connectivity index (χ2v) is 6.69. The Morgan fingerprint density at radius 1 is 0.909 bits per heavy atom. The predicted octanol–water partition coefficient (Wildman–Crippen LogP) is 4.66. The molecule has 7 heteroatoms. The van der Waals surface area contributed by atoms with Crippen molar-refractivity contribution in [2.24, 2.45) is 0 Å². The molecule has 134 valence electrons. The van der Waals surface area contributed by atoms with E-state index in [1.165, 1.54) is 19.3 Å². The van der Waals surface area contributed by atoms with Gasteiger partial charge in [0.25, 0.3) is 0 Å². The van der Waals surface area contributed by atoms with Crippen molar-refractivity contribution in [3.05, 3.63) is 0 Å². The van der Waals surface area contributed by atoms with Gasteiger partial charge < -0.3 is 5.11 Å². The number of hydrogen-bond donors (Lipinski definition) is 1. The summed E-state index contributed by atoms with van der Waals surface area (Å²) in [5, 5.41) is 11.7. The Kier molecular flexibility index (Phi) is 13.4. The van der Waals surface area contributed by atoms with E-state index in [0.717, 1.165) is 13.0 Å². The Hall–Kier alpha value is -0.890. The van der Waals surface area contributed by atoms with Crippen molar-refractivity contribution in [1.82, 2.24) is 0 Å². The highest BCUT2D eigenvalue weighted by molar-refractivity contribution is 5.55. The van der Waals surface area contributed by atoms with Crippen molar-refractivity contribution in [1.29, 1.82) is 0 Å². The highest BCUT2D eigenvalue weighted by Crippen LogP contribution is 2.08. The molecule has 1 N–H and O–H groups in total. The third kappa shape index (κ3) is 27.5. The average molecular weight is 324 g/mol. The van der Waals surface area contributed by atoms with Crippen LogP contribution in [0.3, 0.4) is 0 Å². The van der Waals surface area contributed by atoms with E-state index >= 15 is 0 Å². The molecule has 0 aliphatic carbocycles. The molecular weight excluding hydrogens is 292 g/mol. The maximum Gasteiger partial charge on any atom is 0.540 e. The summed E-state index contributed by atoms with van der Waals surface area (Å²) < 4.78 is 0. The molecule has 0 spiro atoms. The number of hydrogen-bond acceptors (Lipinski definition) is 6. The summed E-state index contributed by atoms with van der Waals surface area (Å²) in [6.45, 7) is 14.0. The quantitative estimate of drug-likeness (QED) is 0.395. The van der Waals surface area contributed by atoms with E-state index in [9.17, 15) is 4.79 Å². The van der Waals surface area contributed by atoms with E-state index in [1.807, 2.05) is 20.8 Å². The van der Waals surface area contributed by atoms with Gasteiger partial charge in [0.2, 0.25) is 0 Å². The van der Waals surface area contributed by atoms with Crippen molar-refractivity contribution in [2.45, 2.75) is 85.4 Å². The number of unbranched alkanes of at least 4 members (excludes halogenated alkanes) is 3. The third-order valence-corrected chi connectivity index (χ3v) is 1.78. The summed E-state index contributed by atoms with van der Waals surface area (Å²) in [6, 6.07) is 0. The van der Waals surface area contributed by atoms with Gasteiger partial charge in [0, 0.05) is 0 Å². The van der Waals surface area contributed by atoms with Gasteiger partial charge in [-0.1, -0.05) is 26.2 Å². The SMILES string of the molecule is CC(C)(C)OOOC(=O)O.CCCCCCOOC(C)(C)C. The van der Waals surface area contributed by atoms with Crippen LogP contribution in [0.2, 0.25) is 0 Å². The molecular formula is C15H32O7. The molecule has 0 heterocycles. The van der Waals surface area contributed by atoms with E-state index in [-0.39, 0.29) is 5.60 Å². The molecule has 0 aromatic rings. The first-order chi connectivity index (χ1) is 9.98. The normalized spacial score (nSPS) is 11.6. The van der Waals surface area contributed by atoms with Crippen LogP contribution >= 0.6 is 0 Å². The summed E-state index contributed by atoms with van der Waals surface area (Å²) in [6.07, 6.45) is 3.36. The monoisotopic (exact) mass is 324 g/mol. The number of carboxylic acid groups (broad SMARTS) is 1. The van der Waals surface area contributed by atoms with Gasteiger partial charge in [0.15, 0.2) is 0 Å². The van der Waals surface area contributed by atoms with E-state index in [0.29, 0.717) is 0 Å². The number of rotatable bonds is 8. The minimum atomic E-state index is -1.54. The van der Waals surface area contributed by atoms with E-state index in [1.54, 1.807) is 20.8 Å². The Balaban J connectivity index is 0. The van der Waals surface area contributed by atoms with Crippen molar-refractivity contribution in [3.63, 3.8) is 0 Å². The van der Waals surface area contributed by atoms with Gasteiger partial charge in [-0.15, -0.1) is 0 Å². The van der Waals surface area contributed by atoms with Crippen LogP contribution in [-0.2, 0) is 24.6 Å². The van der Waals surface area contributed by atoms with Crippen LogP contribution in [0.4, 0.5) is 4.79 Å². The zero-order valence-electron chi connectivity index (χ0n) is 14.9. The molecule has 0 aliphatic rings. The van der Waals surface area contributed by atoms with Crippen molar-refractivity contribution in [2.75, 3.05) is 6.61 Å². The molecule has 0 aliphatic heterocycles. The first-order valence-electron chi connectivity index (χ1n) is 7.54. The summed E-state index contributed by atoms with van der Waals surface area (Å²) in [7, 11) is 0. The second kappa shape index (κ2) is 12.6. The maximum absolute atomic E-state index is 9.66. The topological polar surface area (TPSA) is 83.5 Å². The molecule has 0 atom stereocenters. The Labute approximate surface area is 133 Å². The molecule has 0 bridgehead atoms. The third-order valence-electron chi connectivity index (χ3n) is 1.78. The summed E-state index contributed by atoms with van der Waals surface area (Å²) >= 11 is 0. The van der Waals surface area contributed by atoms with E-state index < -0.39 is 11.8 Å². The Morgan fingerprint density at radius 2 is 1.45 bits per heavy atom. The molecule has 0 rings (SSSR count). The fourth-order valence-electron chi connectivity index (χ4n) is 0.954. The molecule has 22 heavy (non-hydrogen) atoms. The molecule has 0 aromatic heterocycles. The molecule has 0 saturated heterocycles. The van der Waals surface area contributed by atoms with E-state index in [2.05, 4.69) is 21.7 Å². The highest BCUT2D eigenvalue weighted by Gasteiger charge is 2.13. The standard InChI is InChI=1S/C10H22O2.C5H10O5/c1-5-6-7-8-9-11-12-10(2,3)4;1-5(2,3)9-10-8-4(6)7/h5-9H2,1-4H3;1-3H3,(H,6,7). The van der Waals surface area contributed by atoms with Crippen LogP contribution in [0.5, 0.6) is 0 Å². The lowest BCUT2D eigenvalue weighted by molar-refractivity contribution is -0.514. The average Bonchev–Trinajstić information content (AvgIpc) is 2.31. The van der Waals surface area contributed by atoms with Crippen molar-refractivity contribution >= 4 is 6.16 Å². The lowest BCUT2D eigenvalue weighted by Gasteiger charge is -2.17. The lowest BCUT2D eigenvalue weighted by Crippen LogP contribution is -2.20. The van der Waals surface area contributed by atoms with Gasteiger partial charge in [-0.3, -0.25) is 0 Å². The summed E-state index contributed by atoms with van der Waals surface area (Å²) in [4.78, 5) is 27.9. The zero-order chi connectivity index (χ0) is 17.6. The Morgan fingerprint density at radius 3 is 1.86 bits per heavy atom. The summed E-state index contributed by atoms with van der Waals surface area (Å²) in [5.74, 6) is 0. The van der Waals surface area contributed by atoms with E-state index in [4.69, 9.17) is 14.9 Å². The predicted molar refractivity (Wildman–Crippen MR) is 82.0 cm³/mol. The van der Waals surface area contributed by atoms with Gasteiger partial charge in [-0.2, -0.15) is 4.89 Å². The van der Waals surface area contributed by atoms with Crippen LogP contribution in [0, 0.1) is 0 Å². The minimum Gasteiger partial charge on any atom is -0.448 e. The lowest BCUT2D eigenvalue weighted by atomic mass is 10.2. The molecule has 0 aromatic carbocycles. The minimum absolute atomic E-state index is 0.176. The molecule has 7 nitrogen and oxygen atoms in total. The van der Waals surface area contributed by atoms with Gasteiger partial charge in [0.05, 0.1) is 17.8 Å². The maximum atomic E-state index is 9.66. The van der Waals surface area contributed by atoms with Crippen LogP contribution in [0.1, 0.15) is 74.1 Å². The summed E-state index contributed by atoms with van der Waals surface area (Å²) in [5.41, 5.74) is -0.750. The fraction of sp³-hybridized carbons (Fsp3) is 0.933. The molecule has 0 unspecified atom stereocenters. The molecule has 0 amide bonds.